The standard InChI is InChI=1S/C15H21ClFN/c1-10(2)8-18-9-15(7-11(15)3)14-12(16)5-4-6-13(14)17/h4-6,10-11,18H,7-9H2,1-3H3. The van der Waals surface area contributed by atoms with Gasteiger partial charge < -0.3 is 5.32 Å². The Hall–Kier alpha value is -0.600. The van der Waals surface area contributed by atoms with E-state index in [2.05, 4.69) is 26.1 Å². The van der Waals surface area contributed by atoms with Gasteiger partial charge >= 0.3 is 0 Å². The summed E-state index contributed by atoms with van der Waals surface area (Å²) in [6.07, 6.45) is 1.01. The summed E-state index contributed by atoms with van der Waals surface area (Å²) in [5.41, 5.74) is 0.604. The van der Waals surface area contributed by atoms with E-state index in [-0.39, 0.29) is 11.2 Å². The molecule has 1 aromatic rings. The Morgan fingerprint density at radius 3 is 2.67 bits per heavy atom. The Morgan fingerprint density at radius 2 is 2.17 bits per heavy atom. The van der Waals surface area contributed by atoms with Crippen molar-refractivity contribution in [3.63, 3.8) is 0 Å². The Bertz CT molecular complexity index is 412. The normalized spacial score (nSPS) is 26.7. The molecule has 3 heteroatoms. The van der Waals surface area contributed by atoms with Crippen LogP contribution < -0.4 is 5.32 Å². The minimum atomic E-state index is -0.168. The van der Waals surface area contributed by atoms with Crippen molar-refractivity contribution >= 4 is 11.6 Å². The van der Waals surface area contributed by atoms with E-state index in [1.54, 1.807) is 12.1 Å². The average molecular weight is 270 g/mol. The number of rotatable bonds is 5. The first-order chi connectivity index (χ1) is 8.47. The molecule has 2 unspecified atom stereocenters. The Balaban J connectivity index is 2.18. The predicted molar refractivity (Wildman–Crippen MR) is 74.6 cm³/mol. The number of halogens is 2. The highest BCUT2D eigenvalue weighted by Crippen LogP contribution is 2.56. The zero-order valence-corrected chi connectivity index (χ0v) is 12.0. The maximum absolute atomic E-state index is 14.0. The highest BCUT2D eigenvalue weighted by atomic mass is 35.5. The van der Waals surface area contributed by atoms with Crippen LogP contribution in [0.3, 0.4) is 0 Å². The van der Waals surface area contributed by atoms with Gasteiger partial charge in [-0.05, 0) is 36.9 Å². The van der Waals surface area contributed by atoms with E-state index in [4.69, 9.17) is 11.6 Å². The molecule has 18 heavy (non-hydrogen) atoms. The summed E-state index contributed by atoms with van der Waals surface area (Å²) in [5.74, 6) is 0.928. The molecule has 0 aromatic heterocycles. The second-order valence-corrected chi connectivity index (χ2v) is 6.29. The van der Waals surface area contributed by atoms with Crippen LogP contribution in [0.25, 0.3) is 0 Å². The second-order valence-electron chi connectivity index (χ2n) is 5.88. The Labute approximate surface area is 114 Å². The number of hydrogen-bond acceptors (Lipinski definition) is 1. The van der Waals surface area contributed by atoms with Crippen molar-refractivity contribution in [2.45, 2.75) is 32.6 Å². The van der Waals surface area contributed by atoms with Crippen LogP contribution in [0, 0.1) is 17.7 Å². The van der Waals surface area contributed by atoms with Gasteiger partial charge in [0.05, 0.1) is 0 Å². The monoisotopic (exact) mass is 269 g/mol. The number of hydrogen-bond donors (Lipinski definition) is 1. The summed E-state index contributed by atoms with van der Waals surface area (Å²) in [7, 11) is 0. The van der Waals surface area contributed by atoms with E-state index in [0.29, 0.717) is 22.4 Å². The minimum Gasteiger partial charge on any atom is -0.316 e. The van der Waals surface area contributed by atoms with E-state index < -0.39 is 0 Å². The van der Waals surface area contributed by atoms with Crippen LogP contribution in [0.4, 0.5) is 4.39 Å². The van der Waals surface area contributed by atoms with Gasteiger partial charge in [-0.1, -0.05) is 38.4 Å². The van der Waals surface area contributed by atoms with Crippen molar-refractivity contribution in [1.29, 1.82) is 0 Å². The summed E-state index contributed by atoms with van der Waals surface area (Å²) in [6, 6.07) is 4.97. The van der Waals surface area contributed by atoms with Gasteiger partial charge in [-0.2, -0.15) is 0 Å². The van der Waals surface area contributed by atoms with Crippen molar-refractivity contribution in [3.05, 3.63) is 34.6 Å². The van der Waals surface area contributed by atoms with Crippen LogP contribution in [0.5, 0.6) is 0 Å². The van der Waals surface area contributed by atoms with Gasteiger partial charge in [0.1, 0.15) is 5.82 Å². The van der Waals surface area contributed by atoms with Gasteiger partial charge in [0.15, 0.2) is 0 Å². The smallest absolute Gasteiger partial charge is 0.128 e. The zero-order valence-electron chi connectivity index (χ0n) is 11.3. The highest BCUT2D eigenvalue weighted by Gasteiger charge is 2.54. The SMILES string of the molecule is CC(C)CNCC1(c2c(F)cccc2Cl)CC1C. The zero-order chi connectivity index (χ0) is 13.3. The van der Waals surface area contributed by atoms with Crippen LogP contribution in [0.15, 0.2) is 18.2 Å². The summed E-state index contributed by atoms with van der Waals surface area (Å²) in [5, 5.41) is 4.01. The molecule has 100 valence electrons. The minimum absolute atomic E-state index is 0.0999. The third kappa shape index (κ3) is 2.55. The first kappa shape index (κ1) is 13.8. The van der Waals surface area contributed by atoms with E-state index in [0.717, 1.165) is 19.5 Å². The van der Waals surface area contributed by atoms with Gasteiger partial charge in [0.25, 0.3) is 0 Å². The highest BCUT2D eigenvalue weighted by molar-refractivity contribution is 6.31. The molecule has 1 fully saturated rings. The molecule has 0 spiro atoms. The summed E-state index contributed by atoms with van der Waals surface area (Å²) < 4.78 is 14.0. The largest absolute Gasteiger partial charge is 0.316 e. The van der Waals surface area contributed by atoms with Crippen molar-refractivity contribution in [2.75, 3.05) is 13.1 Å². The molecule has 2 atom stereocenters. The van der Waals surface area contributed by atoms with Gasteiger partial charge in [0.2, 0.25) is 0 Å². The molecular formula is C15H21ClFN. The lowest BCUT2D eigenvalue weighted by molar-refractivity contribution is 0.476. The summed E-state index contributed by atoms with van der Waals surface area (Å²) in [4.78, 5) is 0. The lowest BCUT2D eigenvalue weighted by atomic mass is 9.92. The average Bonchev–Trinajstić information content (AvgIpc) is 2.89. The fourth-order valence-electron chi connectivity index (χ4n) is 2.73. The molecule has 0 radical (unpaired) electrons. The van der Waals surface area contributed by atoms with Crippen molar-refractivity contribution in [3.8, 4) is 0 Å². The molecule has 0 amide bonds. The molecular weight excluding hydrogens is 249 g/mol. The molecule has 1 aliphatic rings. The molecule has 1 aromatic carbocycles. The molecule has 0 heterocycles. The lowest BCUT2D eigenvalue weighted by Gasteiger charge is -2.21. The van der Waals surface area contributed by atoms with Crippen molar-refractivity contribution in [1.82, 2.24) is 5.32 Å². The van der Waals surface area contributed by atoms with Crippen molar-refractivity contribution in [2.24, 2.45) is 11.8 Å². The number of benzene rings is 1. The molecule has 0 aliphatic heterocycles. The molecule has 2 rings (SSSR count). The first-order valence-corrected chi connectivity index (χ1v) is 7.00. The lowest BCUT2D eigenvalue weighted by Crippen LogP contribution is -2.31. The predicted octanol–water partition coefficient (Wildman–Crippen LogP) is 4.00. The van der Waals surface area contributed by atoms with Gasteiger partial charge in [-0.25, -0.2) is 4.39 Å². The summed E-state index contributed by atoms with van der Waals surface area (Å²) >= 11 is 6.19. The molecule has 1 nitrogen and oxygen atoms in total. The van der Waals surface area contributed by atoms with Gasteiger partial charge in [-0.15, -0.1) is 0 Å². The Morgan fingerprint density at radius 1 is 1.50 bits per heavy atom. The van der Waals surface area contributed by atoms with Gasteiger partial charge in [0, 0.05) is 22.5 Å². The first-order valence-electron chi connectivity index (χ1n) is 6.62. The van der Waals surface area contributed by atoms with Crippen LogP contribution in [-0.2, 0) is 5.41 Å². The molecule has 0 saturated heterocycles. The maximum Gasteiger partial charge on any atom is 0.128 e. The van der Waals surface area contributed by atoms with E-state index in [1.807, 2.05) is 0 Å². The topological polar surface area (TPSA) is 12.0 Å². The van der Waals surface area contributed by atoms with Crippen LogP contribution >= 0.6 is 11.6 Å². The fraction of sp³-hybridized carbons (Fsp3) is 0.600. The van der Waals surface area contributed by atoms with Crippen LogP contribution in [0.2, 0.25) is 5.02 Å². The second kappa shape index (κ2) is 5.18. The third-order valence-corrected chi connectivity index (χ3v) is 4.22. The fourth-order valence-corrected chi connectivity index (χ4v) is 3.08. The molecule has 1 N–H and O–H groups in total. The van der Waals surface area contributed by atoms with Crippen LogP contribution in [-0.4, -0.2) is 13.1 Å². The molecule has 1 saturated carbocycles. The Kier molecular flexibility index (Phi) is 3.98. The quantitative estimate of drug-likeness (QED) is 0.852. The van der Waals surface area contributed by atoms with E-state index in [9.17, 15) is 4.39 Å². The van der Waals surface area contributed by atoms with E-state index >= 15 is 0 Å². The third-order valence-electron chi connectivity index (χ3n) is 3.91. The van der Waals surface area contributed by atoms with E-state index in [1.165, 1.54) is 6.07 Å². The van der Waals surface area contributed by atoms with Crippen molar-refractivity contribution < 1.29 is 4.39 Å². The molecule has 1 aliphatic carbocycles. The van der Waals surface area contributed by atoms with Crippen LogP contribution in [0.1, 0.15) is 32.8 Å². The number of nitrogens with one attached hydrogen (secondary N) is 1. The van der Waals surface area contributed by atoms with Gasteiger partial charge in [-0.3, -0.25) is 0 Å². The molecule has 0 bridgehead atoms. The maximum atomic E-state index is 14.0. The summed E-state index contributed by atoms with van der Waals surface area (Å²) in [6.45, 7) is 8.28.